The van der Waals surface area contributed by atoms with Crippen LogP contribution in [0.15, 0.2) is 29.2 Å². The topological polar surface area (TPSA) is 93.4 Å². The Bertz CT molecular complexity index is 476. The molecule has 0 amide bonds. The number of hydrogen-bond donors (Lipinski definition) is 3. The van der Waals surface area contributed by atoms with Gasteiger partial charge in [-0.25, -0.2) is 13.1 Å². The number of hydrazine groups is 1. The average Bonchev–Trinajstić information content (AvgIpc) is 2.35. The molecule has 0 saturated carbocycles. The summed E-state index contributed by atoms with van der Waals surface area (Å²) in [5.74, 6) is 5.29. The number of rotatable bonds is 7. The van der Waals surface area contributed by atoms with Gasteiger partial charge in [0.05, 0.1) is 12.3 Å². The maximum absolute atomic E-state index is 12.1. The summed E-state index contributed by atoms with van der Waals surface area (Å²) in [6.07, 6.45) is 0. The Morgan fingerprint density at radius 3 is 2.67 bits per heavy atom. The first kappa shape index (κ1) is 14.9. The zero-order valence-electron chi connectivity index (χ0n) is 10.5. The Kier molecular flexibility index (Phi) is 5.54. The highest BCUT2D eigenvalue weighted by Gasteiger charge is 2.20. The molecule has 1 rings (SSSR count). The summed E-state index contributed by atoms with van der Waals surface area (Å²) in [6, 6.07) is 6.13. The molecule has 0 spiro atoms. The number of para-hydroxylation sites is 1. The second-order valence-electron chi connectivity index (χ2n) is 3.82. The van der Waals surface area contributed by atoms with Crippen molar-refractivity contribution in [1.29, 1.82) is 0 Å². The lowest BCUT2D eigenvalue weighted by atomic mass is 10.3. The number of anilines is 1. The fourth-order valence-electron chi connectivity index (χ4n) is 1.48. The predicted molar refractivity (Wildman–Crippen MR) is 70.5 cm³/mol. The van der Waals surface area contributed by atoms with Crippen LogP contribution in [0.3, 0.4) is 0 Å². The van der Waals surface area contributed by atoms with E-state index in [1.807, 2.05) is 6.92 Å². The van der Waals surface area contributed by atoms with Gasteiger partial charge < -0.3 is 10.2 Å². The molecule has 1 aromatic carbocycles. The van der Waals surface area contributed by atoms with Gasteiger partial charge in [-0.1, -0.05) is 12.1 Å². The smallest absolute Gasteiger partial charge is 0.242 e. The molecule has 6 nitrogen and oxygen atoms in total. The molecule has 0 radical (unpaired) electrons. The zero-order valence-corrected chi connectivity index (χ0v) is 11.3. The third kappa shape index (κ3) is 3.95. The van der Waals surface area contributed by atoms with Gasteiger partial charge in [0.2, 0.25) is 10.0 Å². The minimum absolute atomic E-state index is 0.121. The van der Waals surface area contributed by atoms with Crippen LogP contribution in [-0.2, 0) is 14.8 Å². The number of nitrogens with one attached hydrogen (secondary N) is 2. The fourth-order valence-corrected chi connectivity index (χ4v) is 2.88. The summed E-state index contributed by atoms with van der Waals surface area (Å²) in [4.78, 5) is 0.121. The second kappa shape index (κ2) is 6.69. The van der Waals surface area contributed by atoms with Gasteiger partial charge >= 0.3 is 0 Å². The van der Waals surface area contributed by atoms with Crippen LogP contribution in [0.25, 0.3) is 0 Å². The van der Waals surface area contributed by atoms with E-state index in [9.17, 15) is 8.42 Å². The fraction of sp³-hybridized carbons (Fsp3) is 0.455. The van der Waals surface area contributed by atoms with E-state index in [0.29, 0.717) is 18.9 Å². The van der Waals surface area contributed by atoms with Gasteiger partial charge in [0.25, 0.3) is 0 Å². The second-order valence-corrected chi connectivity index (χ2v) is 5.50. The van der Waals surface area contributed by atoms with Crippen LogP contribution in [0.1, 0.15) is 13.8 Å². The minimum Gasteiger partial charge on any atom is -0.380 e. The summed E-state index contributed by atoms with van der Waals surface area (Å²) in [5.41, 5.74) is 2.72. The number of nitrogen functional groups attached to an aromatic ring is 1. The molecule has 0 heterocycles. The Labute approximate surface area is 108 Å². The Hall–Kier alpha value is -1.15. The van der Waals surface area contributed by atoms with E-state index in [2.05, 4.69) is 10.1 Å². The third-order valence-electron chi connectivity index (χ3n) is 2.26. The van der Waals surface area contributed by atoms with Crippen LogP contribution in [0.4, 0.5) is 5.69 Å². The molecule has 0 aliphatic rings. The molecule has 18 heavy (non-hydrogen) atoms. The largest absolute Gasteiger partial charge is 0.380 e. The van der Waals surface area contributed by atoms with Crippen LogP contribution in [0.5, 0.6) is 0 Å². The Morgan fingerprint density at radius 1 is 1.39 bits per heavy atom. The van der Waals surface area contributed by atoms with Gasteiger partial charge in [-0.3, -0.25) is 5.84 Å². The van der Waals surface area contributed by atoms with E-state index in [0.717, 1.165) is 0 Å². The van der Waals surface area contributed by atoms with E-state index in [1.165, 1.54) is 6.07 Å². The van der Waals surface area contributed by atoms with Crippen molar-refractivity contribution in [3.63, 3.8) is 0 Å². The molecule has 4 N–H and O–H groups in total. The van der Waals surface area contributed by atoms with E-state index in [1.54, 1.807) is 25.1 Å². The van der Waals surface area contributed by atoms with Gasteiger partial charge in [0, 0.05) is 12.6 Å². The SMILES string of the molecule is CCOCC(C)NS(=O)(=O)c1ccccc1NN. The normalized spacial score (nSPS) is 13.3. The highest BCUT2D eigenvalue weighted by atomic mass is 32.2. The maximum Gasteiger partial charge on any atom is 0.242 e. The van der Waals surface area contributed by atoms with Crippen LogP contribution in [0, 0.1) is 0 Å². The first-order valence-electron chi connectivity index (χ1n) is 5.67. The Morgan fingerprint density at radius 2 is 2.06 bits per heavy atom. The number of hydrogen-bond acceptors (Lipinski definition) is 5. The monoisotopic (exact) mass is 273 g/mol. The van der Waals surface area contributed by atoms with Crippen molar-refractivity contribution in [2.45, 2.75) is 24.8 Å². The van der Waals surface area contributed by atoms with Crippen LogP contribution < -0.4 is 16.0 Å². The summed E-state index contributed by atoms with van der Waals surface area (Å²) < 4.78 is 31.9. The summed E-state index contributed by atoms with van der Waals surface area (Å²) in [7, 11) is -3.61. The molecule has 7 heteroatoms. The zero-order chi connectivity index (χ0) is 13.6. The van der Waals surface area contributed by atoms with Gasteiger partial charge in [-0.15, -0.1) is 0 Å². The summed E-state index contributed by atoms with van der Waals surface area (Å²) in [6.45, 7) is 4.47. The molecular weight excluding hydrogens is 254 g/mol. The van der Waals surface area contributed by atoms with Crippen molar-refractivity contribution in [3.8, 4) is 0 Å². The van der Waals surface area contributed by atoms with Gasteiger partial charge in [-0.05, 0) is 26.0 Å². The minimum atomic E-state index is -3.61. The molecule has 0 saturated heterocycles. The van der Waals surface area contributed by atoms with Crippen molar-refractivity contribution in [3.05, 3.63) is 24.3 Å². The first-order valence-corrected chi connectivity index (χ1v) is 7.15. The lowest BCUT2D eigenvalue weighted by Crippen LogP contribution is -2.36. The van der Waals surface area contributed by atoms with E-state index >= 15 is 0 Å². The number of sulfonamides is 1. The lowest BCUT2D eigenvalue weighted by Gasteiger charge is -2.15. The molecule has 1 atom stereocenters. The van der Waals surface area contributed by atoms with Gasteiger partial charge in [0.15, 0.2) is 0 Å². The van der Waals surface area contributed by atoms with Gasteiger partial charge in [0.1, 0.15) is 4.90 Å². The Balaban J connectivity index is 2.86. The molecule has 0 aliphatic carbocycles. The number of nitrogens with two attached hydrogens (primary N) is 1. The van der Waals surface area contributed by atoms with Gasteiger partial charge in [-0.2, -0.15) is 0 Å². The molecule has 0 aliphatic heterocycles. The van der Waals surface area contributed by atoms with Crippen molar-refractivity contribution < 1.29 is 13.2 Å². The van der Waals surface area contributed by atoms with Crippen molar-refractivity contribution in [2.75, 3.05) is 18.6 Å². The molecule has 1 aromatic rings. The third-order valence-corrected chi connectivity index (χ3v) is 3.91. The highest BCUT2D eigenvalue weighted by molar-refractivity contribution is 7.89. The predicted octanol–water partition coefficient (Wildman–Crippen LogP) is 0.675. The highest BCUT2D eigenvalue weighted by Crippen LogP contribution is 2.19. The molecule has 0 fully saturated rings. The standard InChI is InChI=1S/C11H19N3O3S/c1-3-17-8-9(2)14-18(15,16)11-7-5-4-6-10(11)13-12/h4-7,9,13-14H,3,8,12H2,1-2H3. The van der Waals surface area contributed by atoms with Crippen molar-refractivity contribution >= 4 is 15.7 Å². The summed E-state index contributed by atoms with van der Waals surface area (Å²) >= 11 is 0. The quantitative estimate of drug-likeness (QED) is 0.501. The first-order chi connectivity index (χ1) is 8.51. The summed E-state index contributed by atoms with van der Waals surface area (Å²) in [5, 5.41) is 0. The van der Waals surface area contributed by atoms with E-state index in [-0.39, 0.29) is 10.9 Å². The molecular formula is C11H19N3O3S. The van der Waals surface area contributed by atoms with Crippen LogP contribution in [0.2, 0.25) is 0 Å². The molecule has 102 valence electrons. The lowest BCUT2D eigenvalue weighted by molar-refractivity contribution is 0.133. The number of benzene rings is 1. The van der Waals surface area contributed by atoms with Crippen LogP contribution >= 0.6 is 0 Å². The van der Waals surface area contributed by atoms with E-state index in [4.69, 9.17) is 10.6 Å². The van der Waals surface area contributed by atoms with Crippen LogP contribution in [-0.4, -0.2) is 27.7 Å². The molecule has 0 aromatic heterocycles. The maximum atomic E-state index is 12.1. The van der Waals surface area contributed by atoms with E-state index < -0.39 is 10.0 Å². The molecule has 0 bridgehead atoms. The molecule has 1 unspecified atom stereocenters. The number of ether oxygens (including phenoxy) is 1. The average molecular weight is 273 g/mol. The van der Waals surface area contributed by atoms with Crippen molar-refractivity contribution in [2.24, 2.45) is 5.84 Å². The van der Waals surface area contributed by atoms with Crippen molar-refractivity contribution in [1.82, 2.24) is 4.72 Å².